The van der Waals surface area contributed by atoms with Crippen LogP contribution in [0.3, 0.4) is 0 Å². The molecule has 1 rings (SSSR count). The molecule has 0 aliphatic heterocycles. The average molecular weight is 206 g/mol. The fourth-order valence-corrected chi connectivity index (χ4v) is 0.701. The van der Waals surface area contributed by atoms with Crippen LogP contribution in [-0.4, -0.2) is 17.1 Å². The van der Waals surface area contributed by atoms with Crippen LogP contribution < -0.4 is 0 Å². The smallest absolute Gasteiger partial charge is 0.454 e. The second-order valence-electron chi connectivity index (χ2n) is 2.37. The molecule has 6 heteroatoms. The number of carbonyl (C=O) groups is 1. The van der Waals surface area contributed by atoms with E-state index in [1.54, 1.807) is 0 Å². The summed E-state index contributed by atoms with van der Waals surface area (Å²) in [6.07, 6.45) is -3.75. The molecular weight excluding hydrogens is 201 g/mol. The van der Waals surface area contributed by atoms with Crippen molar-refractivity contribution in [3.63, 3.8) is 0 Å². The van der Waals surface area contributed by atoms with Gasteiger partial charge in [-0.3, -0.25) is 4.79 Å². The first-order valence-corrected chi connectivity index (χ1v) is 3.47. The topological polar surface area (TPSA) is 50.4 Å². The van der Waals surface area contributed by atoms with Crippen molar-refractivity contribution in [1.29, 1.82) is 0 Å². The summed E-state index contributed by atoms with van der Waals surface area (Å²) < 4.78 is 39.7. The summed E-state index contributed by atoms with van der Waals surface area (Å²) in [7, 11) is 0. The molecule has 76 valence electrons. The Balaban J connectivity index is 2.85. The number of alkyl halides is 3. The fourth-order valence-electron chi connectivity index (χ4n) is 0.701. The lowest BCUT2D eigenvalue weighted by Crippen LogP contribution is -2.20. The lowest BCUT2D eigenvalue weighted by Gasteiger charge is -2.00. The summed E-state index contributed by atoms with van der Waals surface area (Å²) in [6.45, 7) is 0. The zero-order valence-electron chi connectivity index (χ0n) is 6.71. The summed E-state index contributed by atoms with van der Waals surface area (Å²) in [4.78, 5) is 10.4. The number of rotatable bonds is 2. The summed E-state index contributed by atoms with van der Waals surface area (Å²) in [5.74, 6) is -3.17. The molecule has 0 amide bonds. The number of carbonyl (C=O) groups excluding carboxylic acids is 1. The number of allylic oxidation sites excluding steroid dienone is 1. The van der Waals surface area contributed by atoms with Crippen molar-refractivity contribution < 1.29 is 27.5 Å². The van der Waals surface area contributed by atoms with Crippen LogP contribution in [0.2, 0.25) is 0 Å². The van der Waals surface area contributed by atoms with Crippen LogP contribution in [0.1, 0.15) is 5.76 Å². The van der Waals surface area contributed by atoms with E-state index in [2.05, 4.69) is 4.42 Å². The van der Waals surface area contributed by atoms with E-state index in [1.165, 1.54) is 12.1 Å². The summed E-state index contributed by atoms with van der Waals surface area (Å²) in [6, 6.07) is 2.60. The van der Waals surface area contributed by atoms with Gasteiger partial charge >= 0.3 is 6.18 Å². The van der Waals surface area contributed by atoms with Gasteiger partial charge in [-0.05, 0) is 12.1 Å². The van der Waals surface area contributed by atoms with Crippen LogP contribution in [0.15, 0.2) is 28.9 Å². The third kappa shape index (κ3) is 2.38. The second kappa shape index (κ2) is 3.57. The number of hydrogen-bond acceptors (Lipinski definition) is 3. The molecule has 14 heavy (non-hydrogen) atoms. The van der Waals surface area contributed by atoms with E-state index in [4.69, 9.17) is 5.11 Å². The van der Waals surface area contributed by atoms with Crippen LogP contribution in [0.5, 0.6) is 0 Å². The number of aliphatic hydroxyl groups is 1. The first kappa shape index (κ1) is 10.4. The van der Waals surface area contributed by atoms with Crippen LogP contribution in [0.4, 0.5) is 13.2 Å². The third-order valence-electron chi connectivity index (χ3n) is 1.32. The second-order valence-corrected chi connectivity index (χ2v) is 2.37. The fraction of sp³-hybridized carbons (Fsp3) is 0.125. The number of halogens is 3. The van der Waals surface area contributed by atoms with Gasteiger partial charge in [0, 0.05) is 6.08 Å². The van der Waals surface area contributed by atoms with Gasteiger partial charge in [0.1, 0.15) is 0 Å². The molecule has 0 saturated heterocycles. The van der Waals surface area contributed by atoms with Crippen molar-refractivity contribution >= 4 is 11.5 Å². The Labute approximate surface area is 76.4 Å². The lowest BCUT2D eigenvalue weighted by molar-refractivity contribution is -0.165. The predicted molar refractivity (Wildman–Crippen MR) is 40.4 cm³/mol. The predicted octanol–water partition coefficient (Wildman–Crippen LogP) is 2.31. The van der Waals surface area contributed by atoms with Crippen molar-refractivity contribution in [2.24, 2.45) is 0 Å². The van der Waals surface area contributed by atoms with E-state index in [0.717, 1.165) is 6.26 Å². The van der Waals surface area contributed by atoms with Gasteiger partial charge in [-0.2, -0.15) is 13.2 Å². The molecule has 0 aromatic carbocycles. The summed E-state index contributed by atoms with van der Waals surface area (Å²) in [5, 5.41) is 8.99. The molecule has 1 heterocycles. The maximum Gasteiger partial charge on any atom is 0.454 e. The van der Waals surface area contributed by atoms with Crippen LogP contribution in [-0.2, 0) is 4.79 Å². The molecule has 0 radical (unpaired) electrons. The van der Waals surface area contributed by atoms with Gasteiger partial charge < -0.3 is 9.52 Å². The van der Waals surface area contributed by atoms with Crippen molar-refractivity contribution in [3.05, 3.63) is 30.2 Å². The summed E-state index contributed by atoms with van der Waals surface area (Å²) >= 11 is 0. The van der Waals surface area contributed by atoms with Crippen molar-refractivity contribution in [2.45, 2.75) is 6.18 Å². The molecule has 0 saturated carbocycles. The highest BCUT2D eigenvalue weighted by Gasteiger charge is 2.37. The Morgan fingerprint density at radius 1 is 1.50 bits per heavy atom. The number of ketones is 1. The minimum absolute atomic E-state index is 0.0683. The third-order valence-corrected chi connectivity index (χ3v) is 1.32. The van der Waals surface area contributed by atoms with Crippen molar-refractivity contribution in [2.75, 3.05) is 0 Å². The maximum absolute atomic E-state index is 11.7. The molecule has 0 aliphatic rings. The molecule has 1 N–H and O–H groups in total. The molecule has 0 bridgehead atoms. The zero-order valence-corrected chi connectivity index (χ0v) is 6.71. The van der Waals surface area contributed by atoms with Gasteiger partial charge in [0.15, 0.2) is 11.5 Å². The molecule has 0 unspecified atom stereocenters. The van der Waals surface area contributed by atoms with Gasteiger partial charge in [-0.15, -0.1) is 0 Å². The van der Waals surface area contributed by atoms with Crippen LogP contribution in [0, 0.1) is 0 Å². The number of hydrogen-bond donors (Lipinski definition) is 1. The first-order valence-electron chi connectivity index (χ1n) is 3.47. The molecule has 0 fully saturated rings. The van der Waals surface area contributed by atoms with Crippen LogP contribution in [0.25, 0.3) is 5.76 Å². The minimum atomic E-state index is -4.99. The standard InChI is InChI=1S/C8H5F3O3/c9-8(10,11)7(13)4-5(12)6-2-1-3-14-6/h1-4,12H/b5-4-. The molecule has 1 aromatic heterocycles. The van der Waals surface area contributed by atoms with E-state index in [9.17, 15) is 18.0 Å². The highest BCUT2D eigenvalue weighted by molar-refractivity contribution is 5.98. The highest BCUT2D eigenvalue weighted by atomic mass is 19.4. The maximum atomic E-state index is 11.7. The van der Waals surface area contributed by atoms with Gasteiger partial charge in [-0.25, -0.2) is 0 Å². The van der Waals surface area contributed by atoms with Crippen molar-refractivity contribution in [1.82, 2.24) is 0 Å². The SMILES string of the molecule is O=C(/C=C(\O)c1ccco1)C(F)(F)F. The number of furan rings is 1. The highest BCUT2D eigenvalue weighted by Crippen LogP contribution is 2.19. The quantitative estimate of drug-likeness (QED) is 0.596. The summed E-state index contributed by atoms with van der Waals surface area (Å²) in [5.41, 5.74) is 0. The average Bonchev–Trinajstić information content (AvgIpc) is 2.53. The van der Waals surface area contributed by atoms with E-state index in [0.29, 0.717) is 0 Å². The first-order chi connectivity index (χ1) is 6.41. The van der Waals surface area contributed by atoms with E-state index >= 15 is 0 Å². The van der Waals surface area contributed by atoms with Gasteiger partial charge in [0.05, 0.1) is 6.26 Å². The normalized spacial score (nSPS) is 12.9. The van der Waals surface area contributed by atoms with E-state index < -0.39 is 17.7 Å². The molecule has 0 spiro atoms. The zero-order chi connectivity index (χ0) is 10.8. The molecule has 0 aliphatic carbocycles. The Hall–Kier alpha value is -1.72. The van der Waals surface area contributed by atoms with E-state index in [-0.39, 0.29) is 11.8 Å². The van der Waals surface area contributed by atoms with Gasteiger partial charge in [0.2, 0.25) is 0 Å². The monoisotopic (exact) mass is 206 g/mol. The lowest BCUT2D eigenvalue weighted by atomic mass is 10.3. The van der Waals surface area contributed by atoms with Gasteiger partial charge in [0.25, 0.3) is 5.78 Å². The Morgan fingerprint density at radius 2 is 2.14 bits per heavy atom. The molecular formula is C8H5F3O3. The molecule has 1 aromatic rings. The Kier molecular flexibility index (Phi) is 2.64. The van der Waals surface area contributed by atoms with Gasteiger partial charge in [-0.1, -0.05) is 0 Å². The Bertz CT molecular complexity index is 348. The molecule has 3 nitrogen and oxygen atoms in total. The van der Waals surface area contributed by atoms with E-state index in [1.807, 2.05) is 0 Å². The van der Waals surface area contributed by atoms with Crippen LogP contribution >= 0.6 is 0 Å². The largest absolute Gasteiger partial charge is 0.504 e. The Morgan fingerprint density at radius 3 is 2.57 bits per heavy atom. The minimum Gasteiger partial charge on any atom is -0.504 e. The number of aliphatic hydroxyl groups excluding tert-OH is 1. The van der Waals surface area contributed by atoms with Crippen molar-refractivity contribution in [3.8, 4) is 0 Å². The molecule has 0 atom stereocenters.